The summed E-state index contributed by atoms with van der Waals surface area (Å²) in [6.45, 7) is 2.32. The highest BCUT2D eigenvalue weighted by Crippen LogP contribution is 2.24. The molecule has 1 aliphatic rings. The van der Waals surface area contributed by atoms with Crippen LogP contribution in [0.1, 0.15) is 11.3 Å². The third kappa shape index (κ3) is 3.82. The molecule has 3 heterocycles. The third-order valence-corrected chi connectivity index (χ3v) is 5.06. The molecule has 0 aliphatic carbocycles. The molecule has 1 fully saturated rings. The van der Waals surface area contributed by atoms with Gasteiger partial charge >= 0.3 is 0 Å². The Morgan fingerprint density at radius 1 is 1.08 bits per heavy atom. The Morgan fingerprint density at radius 2 is 1.92 bits per heavy atom. The summed E-state index contributed by atoms with van der Waals surface area (Å²) in [5, 5.41) is 12.2. The SMILES string of the molecule is O[C@@H]1CN(Cc2ccc3cc(Cl)ccc3n2)C[C@H]1Cc1ccncc1. The van der Waals surface area contributed by atoms with Gasteiger partial charge < -0.3 is 5.11 Å². The number of likely N-dealkylation sites (tertiary alicyclic amines) is 1. The fourth-order valence-electron chi connectivity index (χ4n) is 3.55. The number of nitrogens with zero attached hydrogens (tertiary/aromatic N) is 3. The topological polar surface area (TPSA) is 49.2 Å². The number of hydrogen-bond acceptors (Lipinski definition) is 4. The zero-order chi connectivity index (χ0) is 17.2. The van der Waals surface area contributed by atoms with Crippen molar-refractivity contribution in [3.05, 3.63) is 71.1 Å². The number of hydrogen-bond donors (Lipinski definition) is 1. The molecule has 1 aromatic carbocycles. The lowest BCUT2D eigenvalue weighted by Gasteiger charge is -2.15. The van der Waals surface area contributed by atoms with Crippen molar-refractivity contribution in [3.63, 3.8) is 0 Å². The molecule has 4 nitrogen and oxygen atoms in total. The number of pyridine rings is 2. The molecule has 0 saturated carbocycles. The molecule has 1 saturated heterocycles. The Morgan fingerprint density at radius 3 is 2.76 bits per heavy atom. The number of β-amino-alcohol motifs (C(OH)–C–C–N with tert-alkyl or cyclic N) is 1. The van der Waals surface area contributed by atoms with Crippen LogP contribution in [0.2, 0.25) is 5.02 Å². The van der Waals surface area contributed by atoms with Gasteiger partial charge in [0.25, 0.3) is 0 Å². The molecule has 0 spiro atoms. The molecule has 128 valence electrons. The Balaban J connectivity index is 1.44. The van der Waals surface area contributed by atoms with Gasteiger partial charge in [-0.15, -0.1) is 0 Å². The average molecular weight is 354 g/mol. The van der Waals surface area contributed by atoms with Gasteiger partial charge in [-0.25, -0.2) is 0 Å². The summed E-state index contributed by atoms with van der Waals surface area (Å²) < 4.78 is 0. The van der Waals surface area contributed by atoms with E-state index < -0.39 is 0 Å². The van der Waals surface area contributed by atoms with Crippen LogP contribution in [0.3, 0.4) is 0 Å². The Kier molecular flexibility index (Phi) is 4.66. The summed E-state index contributed by atoms with van der Waals surface area (Å²) in [5.41, 5.74) is 3.20. The van der Waals surface area contributed by atoms with E-state index >= 15 is 0 Å². The number of aromatic nitrogens is 2. The van der Waals surface area contributed by atoms with E-state index in [1.807, 2.05) is 36.4 Å². The highest BCUT2D eigenvalue weighted by Gasteiger charge is 2.31. The molecule has 0 unspecified atom stereocenters. The Hall–Kier alpha value is -2.01. The van der Waals surface area contributed by atoms with Crippen molar-refractivity contribution >= 4 is 22.5 Å². The quantitative estimate of drug-likeness (QED) is 0.781. The maximum Gasteiger partial charge on any atom is 0.0710 e. The van der Waals surface area contributed by atoms with Crippen LogP contribution in [0.5, 0.6) is 0 Å². The smallest absolute Gasteiger partial charge is 0.0710 e. The number of halogens is 1. The summed E-state index contributed by atoms with van der Waals surface area (Å²) in [4.78, 5) is 11.1. The zero-order valence-corrected chi connectivity index (χ0v) is 14.6. The van der Waals surface area contributed by atoms with E-state index in [0.717, 1.165) is 41.1 Å². The molecule has 0 radical (unpaired) electrons. The van der Waals surface area contributed by atoms with Crippen LogP contribution in [-0.4, -0.2) is 39.2 Å². The van der Waals surface area contributed by atoms with Crippen LogP contribution in [0.4, 0.5) is 0 Å². The van der Waals surface area contributed by atoms with Gasteiger partial charge in [0.2, 0.25) is 0 Å². The first-order valence-electron chi connectivity index (χ1n) is 8.52. The van der Waals surface area contributed by atoms with E-state index in [9.17, 15) is 5.11 Å². The van der Waals surface area contributed by atoms with Gasteiger partial charge in [0, 0.05) is 48.4 Å². The fraction of sp³-hybridized carbons (Fsp3) is 0.300. The van der Waals surface area contributed by atoms with Gasteiger partial charge in [0.15, 0.2) is 0 Å². The lowest BCUT2D eigenvalue weighted by atomic mass is 9.97. The van der Waals surface area contributed by atoms with Crippen LogP contribution in [0.25, 0.3) is 10.9 Å². The fourth-order valence-corrected chi connectivity index (χ4v) is 3.73. The number of aliphatic hydroxyl groups excluding tert-OH is 1. The Labute approximate surface area is 152 Å². The number of benzene rings is 1. The molecule has 4 rings (SSSR count). The minimum absolute atomic E-state index is 0.252. The first kappa shape index (κ1) is 16.5. The normalized spacial score (nSPS) is 21.0. The summed E-state index contributed by atoms with van der Waals surface area (Å²) in [7, 11) is 0. The van der Waals surface area contributed by atoms with Gasteiger partial charge in [0.1, 0.15) is 0 Å². The number of aliphatic hydroxyl groups is 1. The molecule has 1 aliphatic heterocycles. The standard InChI is InChI=1S/C20H20ClN3O/c21-17-2-4-19-15(10-17)1-3-18(23-19)12-24-11-16(20(25)13-24)9-14-5-7-22-8-6-14/h1-8,10,16,20,25H,9,11-13H2/t16-,20-/m1/s1. The van der Waals surface area contributed by atoms with Crippen LogP contribution >= 0.6 is 11.6 Å². The van der Waals surface area contributed by atoms with E-state index in [1.54, 1.807) is 12.4 Å². The van der Waals surface area contributed by atoms with Crippen molar-refractivity contribution in [3.8, 4) is 0 Å². The van der Waals surface area contributed by atoms with Crippen molar-refractivity contribution in [1.29, 1.82) is 0 Å². The predicted octanol–water partition coefficient (Wildman–Crippen LogP) is 3.32. The van der Waals surface area contributed by atoms with E-state index in [2.05, 4.69) is 16.0 Å². The molecule has 0 amide bonds. The molecule has 25 heavy (non-hydrogen) atoms. The monoisotopic (exact) mass is 353 g/mol. The third-order valence-electron chi connectivity index (χ3n) is 4.82. The summed E-state index contributed by atoms with van der Waals surface area (Å²) in [5.74, 6) is 0.252. The van der Waals surface area contributed by atoms with Crippen molar-refractivity contribution in [2.45, 2.75) is 19.1 Å². The summed E-state index contributed by atoms with van der Waals surface area (Å²) in [6.07, 6.45) is 4.19. The molecule has 2 aromatic heterocycles. The van der Waals surface area contributed by atoms with E-state index in [-0.39, 0.29) is 12.0 Å². The first-order valence-corrected chi connectivity index (χ1v) is 8.90. The van der Waals surface area contributed by atoms with Crippen molar-refractivity contribution in [1.82, 2.24) is 14.9 Å². The van der Waals surface area contributed by atoms with Crippen LogP contribution in [0.15, 0.2) is 54.9 Å². The number of rotatable bonds is 4. The average Bonchev–Trinajstić information content (AvgIpc) is 2.95. The lowest BCUT2D eigenvalue weighted by Crippen LogP contribution is -2.22. The molecule has 0 bridgehead atoms. The first-order chi connectivity index (χ1) is 12.2. The highest BCUT2D eigenvalue weighted by atomic mass is 35.5. The van der Waals surface area contributed by atoms with Gasteiger partial charge in [0.05, 0.1) is 17.3 Å². The minimum atomic E-state index is -0.299. The maximum atomic E-state index is 10.4. The maximum absolute atomic E-state index is 10.4. The molecule has 2 atom stereocenters. The van der Waals surface area contributed by atoms with Crippen molar-refractivity contribution in [2.24, 2.45) is 5.92 Å². The van der Waals surface area contributed by atoms with Crippen LogP contribution in [-0.2, 0) is 13.0 Å². The van der Waals surface area contributed by atoms with Crippen LogP contribution < -0.4 is 0 Å². The predicted molar refractivity (Wildman–Crippen MR) is 99.5 cm³/mol. The van der Waals surface area contributed by atoms with Gasteiger partial charge in [-0.2, -0.15) is 0 Å². The number of fused-ring (bicyclic) bond motifs is 1. The van der Waals surface area contributed by atoms with Gasteiger partial charge in [-0.05, 0) is 48.4 Å². The van der Waals surface area contributed by atoms with Crippen molar-refractivity contribution in [2.75, 3.05) is 13.1 Å². The summed E-state index contributed by atoms with van der Waals surface area (Å²) >= 11 is 6.03. The van der Waals surface area contributed by atoms with Gasteiger partial charge in [-0.1, -0.05) is 17.7 Å². The molecular formula is C20H20ClN3O. The van der Waals surface area contributed by atoms with Gasteiger partial charge in [-0.3, -0.25) is 14.9 Å². The highest BCUT2D eigenvalue weighted by molar-refractivity contribution is 6.31. The molecule has 3 aromatic rings. The molecular weight excluding hydrogens is 334 g/mol. The van der Waals surface area contributed by atoms with E-state index in [0.29, 0.717) is 6.54 Å². The summed E-state index contributed by atoms with van der Waals surface area (Å²) in [6, 6.07) is 13.9. The minimum Gasteiger partial charge on any atom is -0.391 e. The van der Waals surface area contributed by atoms with E-state index in [1.165, 1.54) is 5.56 Å². The van der Waals surface area contributed by atoms with E-state index in [4.69, 9.17) is 16.6 Å². The van der Waals surface area contributed by atoms with Crippen molar-refractivity contribution < 1.29 is 5.11 Å². The van der Waals surface area contributed by atoms with Crippen LogP contribution in [0, 0.1) is 5.92 Å². The largest absolute Gasteiger partial charge is 0.391 e. The second kappa shape index (κ2) is 7.08. The molecule has 1 N–H and O–H groups in total. The lowest BCUT2D eigenvalue weighted by molar-refractivity contribution is 0.141. The second-order valence-corrected chi connectivity index (χ2v) is 7.16. The second-order valence-electron chi connectivity index (χ2n) is 6.72. The molecule has 5 heteroatoms. The zero-order valence-electron chi connectivity index (χ0n) is 13.8. The Bertz CT molecular complexity index is 871.